The summed E-state index contributed by atoms with van der Waals surface area (Å²) in [6.45, 7) is 3.20. The molecule has 0 bridgehead atoms. The first kappa shape index (κ1) is 9.87. The van der Waals surface area contributed by atoms with Gasteiger partial charge in [-0.1, -0.05) is 6.07 Å². The first-order valence-electron chi connectivity index (χ1n) is 4.81. The number of benzene rings is 1. The van der Waals surface area contributed by atoms with Crippen LogP contribution in [0.2, 0.25) is 0 Å². The van der Waals surface area contributed by atoms with Crippen molar-refractivity contribution in [3.05, 3.63) is 29.3 Å². The number of methoxy groups -OCH3 is 1. The predicted molar refractivity (Wildman–Crippen MR) is 60.9 cm³/mol. The summed E-state index contributed by atoms with van der Waals surface area (Å²) in [7, 11) is 1.71. The lowest BCUT2D eigenvalue weighted by atomic mass is 10.1. The van der Waals surface area contributed by atoms with E-state index in [-0.39, 0.29) is 0 Å². The van der Waals surface area contributed by atoms with Gasteiger partial charge in [0.1, 0.15) is 5.75 Å². The van der Waals surface area contributed by atoms with Crippen LogP contribution in [0.5, 0.6) is 5.75 Å². The van der Waals surface area contributed by atoms with Gasteiger partial charge in [0, 0.05) is 12.3 Å². The van der Waals surface area contributed by atoms with Gasteiger partial charge in [0.2, 0.25) is 0 Å². The molecule has 0 amide bonds. The topological polar surface area (TPSA) is 21.3 Å². The highest BCUT2D eigenvalue weighted by atomic mass is 32.2. The smallest absolute Gasteiger partial charge is 0.121 e. The van der Waals surface area contributed by atoms with E-state index in [1.807, 2.05) is 17.8 Å². The first-order valence-corrected chi connectivity index (χ1v) is 5.85. The number of hydrogen-bond donors (Lipinski definition) is 1. The minimum atomic E-state index is 0.472. The molecule has 1 fully saturated rings. The Balaban J connectivity index is 2.23. The normalized spacial score (nSPS) is 21.1. The maximum Gasteiger partial charge on any atom is 0.121 e. The number of aryl methyl sites for hydroxylation is 1. The molecular formula is C11H15NOS. The average Bonchev–Trinajstić information content (AvgIpc) is 2.70. The molecule has 0 saturated carbocycles. The third-order valence-electron chi connectivity index (χ3n) is 2.44. The Bertz CT molecular complexity index is 321. The zero-order valence-electron chi connectivity index (χ0n) is 8.54. The number of ether oxygens (including phenoxy) is 1. The molecule has 0 radical (unpaired) electrons. The largest absolute Gasteiger partial charge is 0.496 e. The van der Waals surface area contributed by atoms with Crippen LogP contribution in [0, 0.1) is 6.92 Å². The summed E-state index contributed by atoms with van der Waals surface area (Å²) in [6.07, 6.45) is 0. The fourth-order valence-electron chi connectivity index (χ4n) is 1.70. The number of nitrogens with one attached hydrogen (secondary N) is 1. The van der Waals surface area contributed by atoms with Crippen molar-refractivity contribution in [3.63, 3.8) is 0 Å². The lowest BCUT2D eigenvalue weighted by Gasteiger charge is -2.12. The van der Waals surface area contributed by atoms with Crippen LogP contribution in [0.4, 0.5) is 0 Å². The summed E-state index contributed by atoms with van der Waals surface area (Å²) < 4.78 is 5.24. The van der Waals surface area contributed by atoms with Crippen LogP contribution < -0.4 is 10.1 Å². The molecule has 1 saturated heterocycles. The van der Waals surface area contributed by atoms with Crippen LogP contribution in [-0.4, -0.2) is 19.4 Å². The monoisotopic (exact) mass is 209 g/mol. The third-order valence-corrected chi connectivity index (χ3v) is 3.65. The molecule has 1 aromatic carbocycles. The van der Waals surface area contributed by atoms with E-state index >= 15 is 0 Å². The SMILES string of the molecule is COc1ccc([C@H]2NCCS2)cc1C. The number of thioether (sulfide) groups is 1. The zero-order valence-corrected chi connectivity index (χ0v) is 9.36. The van der Waals surface area contributed by atoms with Crippen molar-refractivity contribution in [2.45, 2.75) is 12.3 Å². The Labute approximate surface area is 89.0 Å². The zero-order chi connectivity index (χ0) is 9.97. The molecule has 1 atom stereocenters. The quantitative estimate of drug-likeness (QED) is 0.808. The van der Waals surface area contributed by atoms with Crippen molar-refractivity contribution < 1.29 is 4.74 Å². The van der Waals surface area contributed by atoms with Crippen molar-refractivity contribution >= 4 is 11.8 Å². The standard InChI is InChI=1S/C11H15NOS/c1-8-7-9(3-4-10(8)13-2)11-12-5-6-14-11/h3-4,7,11-12H,5-6H2,1-2H3/t11-/m0/s1. The molecule has 1 aromatic rings. The van der Waals surface area contributed by atoms with Crippen molar-refractivity contribution in [1.82, 2.24) is 5.32 Å². The molecule has 1 aliphatic rings. The lowest BCUT2D eigenvalue weighted by Crippen LogP contribution is -2.12. The Morgan fingerprint density at radius 3 is 2.93 bits per heavy atom. The second-order valence-corrected chi connectivity index (χ2v) is 4.65. The van der Waals surface area contributed by atoms with Crippen molar-refractivity contribution in [2.75, 3.05) is 19.4 Å². The molecule has 1 aliphatic heterocycles. The maximum absolute atomic E-state index is 5.24. The third kappa shape index (κ3) is 1.88. The summed E-state index contributed by atoms with van der Waals surface area (Å²) in [5.41, 5.74) is 2.56. The van der Waals surface area contributed by atoms with Gasteiger partial charge < -0.3 is 10.1 Å². The van der Waals surface area contributed by atoms with Gasteiger partial charge in [-0.25, -0.2) is 0 Å². The second-order valence-electron chi connectivity index (χ2n) is 3.43. The Kier molecular flexibility index (Phi) is 2.99. The highest BCUT2D eigenvalue weighted by Gasteiger charge is 2.16. The van der Waals surface area contributed by atoms with Gasteiger partial charge in [-0.15, -0.1) is 11.8 Å². The van der Waals surface area contributed by atoms with Crippen LogP contribution in [0.25, 0.3) is 0 Å². The van der Waals surface area contributed by atoms with E-state index in [0.29, 0.717) is 5.37 Å². The summed E-state index contributed by atoms with van der Waals surface area (Å²) in [5.74, 6) is 2.17. The van der Waals surface area contributed by atoms with Crippen molar-refractivity contribution in [1.29, 1.82) is 0 Å². The fourth-order valence-corrected chi connectivity index (χ4v) is 2.75. The van der Waals surface area contributed by atoms with Crippen LogP contribution >= 0.6 is 11.8 Å². The van der Waals surface area contributed by atoms with Gasteiger partial charge >= 0.3 is 0 Å². The molecule has 0 aromatic heterocycles. The highest BCUT2D eigenvalue weighted by Crippen LogP contribution is 2.32. The van der Waals surface area contributed by atoms with E-state index in [9.17, 15) is 0 Å². The van der Waals surface area contributed by atoms with E-state index in [2.05, 4.69) is 24.4 Å². The molecule has 3 heteroatoms. The van der Waals surface area contributed by atoms with Gasteiger partial charge in [0.25, 0.3) is 0 Å². The summed E-state index contributed by atoms with van der Waals surface area (Å²) in [4.78, 5) is 0. The second kappa shape index (κ2) is 4.24. The van der Waals surface area contributed by atoms with Crippen molar-refractivity contribution in [2.24, 2.45) is 0 Å². The summed E-state index contributed by atoms with van der Waals surface area (Å²) in [6, 6.07) is 6.39. The molecule has 1 heterocycles. The fraction of sp³-hybridized carbons (Fsp3) is 0.455. The highest BCUT2D eigenvalue weighted by molar-refractivity contribution is 7.99. The molecular weight excluding hydrogens is 194 g/mol. The Morgan fingerprint density at radius 1 is 1.50 bits per heavy atom. The van der Waals surface area contributed by atoms with E-state index in [4.69, 9.17) is 4.74 Å². The van der Waals surface area contributed by atoms with Gasteiger partial charge in [-0.3, -0.25) is 0 Å². The minimum Gasteiger partial charge on any atom is -0.496 e. The number of rotatable bonds is 2. The Morgan fingerprint density at radius 2 is 2.36 bits per heavy atom. The van der Waals surface area contributed by atoms with Gasteiger partial charge in [0.15, 0.2) is 0 Å². The molecule has 2 nitrogen and oxygen atoms in total. The maximum atomic E-state index is 5.24. The van der Waals surface area contributed by atoms with Gasteiger partial charge in [-0.2, -0.15) is 0 Å². The molecule has 14 heavy (non-hydrogen) atoms. The predicted octanol–water partition coefficient (Wildman–Crippen LogP) is 2.34. The van der Waals surface area contributed by atoms with E-state index in [1.54, 1.807) is 7.11 Å². The molecule has 76 valence electrons. The molecule has 0 unspecified atom stereocenters. The molecule has 0 aliphatic carbocycles. The average molecular weight is 209 g/mol. The van der Waals surface area contributed by atoms with E-state index < -0.39 is 0 Å². The van der Waals surface area contributed by atoms with Crippen LogP contribution in [0.1, 0.15) is 16.5 Å². The van der Waals surface area contributed by atoms with E-state index in [1.165, 1.54) is 16.9 Å². The van der Waals surface area contributed by atoms with Crippen LogP contribution in [0.15, 0.2) is 18.2 Å². The van der Waals surface area contributed by atoms with Gasteiger partial charge in [-0.05, 0) is 30.2 Å². The lowest BCUT2D eigenvalue weighted by molar-refractivity contribution is 0.411. The van der Waals surface area contributed by atoms with Crippen LogP contribution in [0.3, 0.4) is 0 Å². The van der Waals surface area contributed by atoms with Crippen LogP contribution in [-0.2, 0) is 0 Å². The minimum absolute atomic E-state index is 0.472. The molecule has 0 spiro atoms. The van der Waals surface area contributed by atoms with Crippen molar-refractivity contribution in [3.8, 4) is 5.75 Å². The summed E-state index contributed by atoms with van der Waals surface area (Å²) >= 11 is 1.97. The summed E-state index contributed by atoms with van der Waals surface area (Å²) in [5, 5.41) is 3.93. The molecule has 2 rings (SSSR count). The first-order chi connectivity index (χ1) is 6.81. The molecule has 1 N–H and O–H groups in total. The van der Waals surface area contributed by atoms with Gasteiger partial charge in [0.05, 0.1) is 12.5 Å². The number of hydrogen-bond acceptors (Lipinski definition) is 3. The Hall–Kier alpha value is -0.670. The van der Waals surface area contributed by atoms with E-state index in [0.717, 1.165) is 12.3 Å².